The molecule has 0 radical (unpaired) electrons. The molecule has 0 amide bonds. The molecule has 4 heteroatoms. The third kappa shape index (κ3) is 4.70. The van der Waals surface area contributed by atoms with Crippen molar-refractivity contribution < 1.29 is 9.90 Å². The van der Waals surface area contributed by atoms with Crippen LogP contribution in [-0.2, 0) is 4.79 Å². The number of rotatable bonds is 7. The van der Waals surface area contributed by atoms with Crippen molar-refractivity contribution >= 4 is 17.7 Å². The van der Waals surface area contributed by atoms with Crippen LogP contribution in [0.3, 0.4) is 0 Å². The van der Waals surface area contributed by atoms with Gasteiger partial charge in [-0.15, -0.1) is 11.8 Å². The summed E-state index contributed by atoms with van der Waals surface area (Å²) in [7, 11) is 0. The second-order valence-electron chi connectivity index (χ2n) is 4.68. The summed E-state index contributed by atoms with van der Waals surface area (Å²) < 4.78 is 0. The van der Waals surface area contributed by atoms with E-state index in [1.165, 1.54) is 0 Å². The molecule has 0 aliphatic heterocycles. The van der Waals surface area contributed by atoms with E-state index < -0.39 is 12.0 Å². The Labute approximate surface area is 113 Å². The lowest BCUT2D eigenvalue weighted by Crippen LogP contribution is -2.29. The Kier molecular flexibility index (Phi) is 6.22. The van der Waals surface area contributed by atoms with Gasteiger partial charge in [-0.2, -0.15) is 0 Å². The van der Waals surface area contributed by atoms with Crippen LogP contribution in [0, 0.1) is 5.92 Å². The van der Waals surface area contributed by atoms with Gasteiger partial charge < -0.3 is 10.4 Å². The van der Waals surface area contributed by atoms with Gasteiger partial charge in [-0.1, -0.05) is 26.0 Å². The Balaban J connectivity index is 2.68. The van der Waals surface area contributed by atoms with Crippen molar-refractivity contribution in [3.05, 3.63) is 29.8 Å². The Bertz CT molecular complexity index is 376. The molecule has 1 unspecified atom stereocenters. The molecule has 0 aromatic heterocycles. The summed E-state index contributed by atoms with van der Waals surface area (Å²) >= 11 is 1.65. The molecule has 1 aromatic rings. The van der Waals surface area contributed by atoms with Crippen LogP contribution in [0.4, 0.5) is 0 Å². The molecule has 100 valence electrons. The third-order valence-electron chi connectivity index (χ3n) is 2.77. The lowest BCUT2D eigenvalue weighted by Gasteiger charge is -2.16. The smallest absolute Gasteiger partial charge is 0.325 e. The highest BCUT2D eigenvalue weighted by Gasteiger charge is 2.18. The molecule has 3 nitrogen and oxygen atoms in total. The zero-order valence-corrected chi connectivity index (χ0v) is 12.0. The number of carboxylic acid groups (broad SMARTS) is 1. The van der Waals surface area contributed by atoms with Crippen LogP contribution in [0.25, 0.3) is 0 Å². The molecular formula is C14H21NO2S. The lowest BCUT2D eigenvalue weighted by atomic mass is 10.1. The first kappa shape index (κ1) is 15.1. The molecule has 2 N–H and O–H groups in total. The maximum Gasteiger partial charge on any atom is 0.325 e. The van der Waals surface area contributed by atoms with Gasteiger partial charge in [0.1, 0.15) is 6.04 Å². The number of benzene rings is 1. The van der Waals surface area contributed by atoms with E-state index in [9.17, 15) is 9.90 Å². The molecule has 1 atom stereocenters. The largest absolute Gasteiger partial charge is 0.480 e. The van der Waals surface area contributed by atoms with E-state index in [1.54, 1.807) is 11.8 Å². The van der Waals surface area contributed by atoms with Crippen molar-refractivity contribution in [3.63, 3.8) is 0 Å². The van der Waals surface area contributed by atoms with Gasteiger partial charge in [-0.05, 0) is 42.8 Å². The number of hydrogen-bond acceptors (Lipinski definition) is 3. The Hall–Kier alpha value is -1.00. The molecular weight excluding hydrogens is 246 g/mol. The van der Waals surface area contributed by atoms with Crippen LogP contribution >= 0.6 is 11.8 Å². The first-order valence-electron chi connectivity index (χ1n) is 6.14. The van der Waals surface area contributed by atoms with Crippen LogP contribution in [0.1, 0.15) is 31.9 Å². The van der Waals surface area contributed by atoms with Gasteiger partial charge in [0.2, 0.25) is 0 Å². The molecule has 0 bridgehead atoms. The van der Waals surface area contributed by atoms with E-state index in [-0.39, 0.29) is 0 Å². The predicted octanol–water partition coefficient (Wildman–Crippen LogP) is 3.17. The average molecular weight is 267 g/mol. The van der Waals surface area contributed by atoms with Crippen molar-refractivity contribution in [1.82, 2.24) is 5.32 Å². The zero-order valence-electron chi connectivity index (χ0n) is 11.1. The molecule has 0 fully saturated rings. The minimum atomic E-state index is -0.823. The van der Waals surface area contributed by atoms with Crippen LogP contribution < -0.4 is 5.32 Å². The molecule has 0 aliphatic carbocycles. The minimum absolute atomic E-state index is 0.575. The molecule has 18 heavy (non-hydrogen) atoms. The SMILES string of the molecule is CSc1ccc(C(NCCC(C)C)C(=O)O)cc1. The second-order valence-corrected chi connectivity index (χ2v) is 5.56. The first-order valence-corrected chi connectivity index (χ1v) is 7.37. The Morgan fingerprint density at radius 1 is 1.33 bits per heavy atom. The fraction of sp³-hybridized carbons (Fsp3) is 0.500. The molecule has 1 rings (SSSR count). The van der Waals surface area contributed by atoms with Gasteiger partial charge in [0.15, 0.2) is 0 Å². The standard InChI is InChI=1S/C14H21NO2S/c1-10(2)8-9-15-13(14(16)17)11-4-6-12(18-3)7-5-11/h4-7,10,13,15H,8-9H2,1-3H3,(H,16,17). The van der Waals surface area contributed by atoms with E-state index in [4.69, 9.17) is 0 Å². The van der Waals surface area contributed by atoms with Gasteiger partial charge in [-0.3, -0.25) is 4.79 Å². The molecule has 1 aromatic carbocycles. The highest BCUT2D eigenvalue weighted by atomic mass is 32.2. The summed E-state index contributed by atoms with van der Waals surface area (Å²) in [5.74, 6) is -0.249. The first-order chi connectivity index (χ1) is 8.54. The van der Waals surface area contributed by atoms with Crippen LogP contribution in [0.5, 0.6) is 0 Å². The Morgan fingerprint density at radius 3 is 2.39 bits per heavy atom. The molecule has 0 spiro atoms. The Morgan fingerprint density at radius 2 is 1.94 bits per heavy atom. The maximum absolute atomic E-state index is 11.3. The number of thioether (sulfide) groups is 1. The third-order valence-corrected chi connectivity index (χ3v) is 3.51. The summed E-state index contributed by atoms with van der Waals surface area (Å²) in [6.45, 7) is 4.98. The molecule has 0 heterocycles. The van der Waals surface area contributed by atoms with Crippen molar-refractivity contribution in [3.8, 4) is 0 Å². The summed E-state index contributed by atoms with van der Waals surface area (Å²) in [6, 6.07) is 7.07. The van der Waals surface area contributed by atoms with Gasteiger partial charge in [0, 0.05) is 4.90 Å². The molecule has 0 aliphatic rings. The normalized spacial score (nSPS) is 12.7. The zero-order chi connectivity index (χ0) is 13.5. The summed E-state index contributed by atoms with van der Waals surface area (Å²) in [6.07, 6.45) is 2.98. The fourth-order valence-electron chi connectivity index (χ4n) is 1.66. The summed E-state index contributed by atoms with van der Waals surface area (Å²) in [4.78, 5) is 12.4. The van der Waals surface area contributed by atoms with E-state index in [1.807, 2.05) is 30.5 Å². The van der Waals surface area contributed by atoms with E-state index in [0.717, 1.165) is 23.4 Å². The minimum Gasteiger partial charge on any atom is -0.480 e. The van der Waals surface area contributed by atoms with Crippen LogP contribution in [-0.4, -0.2) is 23.9 Å². The summed E-state index contributed by atoms with van der Waals surface area (Å²) in [5.41, 5.74) is 0.809. The van der Waals surface area contributed by atoms with Gasteiger partial charge in [0.25, 0.3) is 0 Å². The second kappa shape index (κ2) is 7.44. The topological polar surface area (TPSA) is 49.3 Å². The predicted molar refractivity (Wildman–Crippen MR) is 76.1 cm³/mol. The number of carboxylic acids is 1. The van der Waals surface area contributed by atoms with Crippen LogP contribution in [0.15, 0.2) is 29.2 Å². The van der Waals surface area contributed by atoms with Gasteiger partial charge in [0.05, 0.1) is 0 Å². The van der Waals surface area contributed by atoms with E-state index in [0.29, 0.717) is 5.92 Å². The number of aliphatic carboxylic acids is 1. The quantitative estimate of drug-likeness (QED) is 0.745. The summed E-state index contributed by atoms with van der Waals surface area (Å²) in [5, 5.41) is 12.3. The van der Waals surface area contributed by atoms with Crippen molar-refractivity contribution in [2.45, 2.75) is 31.2 Å². The monoisotopic (exact) mass is 267 g/mol. The van der Waals surface area contributed by atoms with E-state index in [2.05, 4.69) is 19.2 Å². The maximum atomic E-state index is 11.3. The molecule has 0 saturated carbocycles. The number of hydrogen-bond donors (Lipinski definition) is 2. The lowest BCUT2D eigenvalue weighted by molar-refractivity contribution is -0.139. The van der Waals surface area contributed by atoms with Gasteiger partial charge in [-0.25, -0.2) is 0 Å². The number of carbonyl (C=O) groups is 1. The highest BCUT2D eigenvalue weighted by Crippen LogP contribution is 2.19. The average Bonchev–Trinajstić information content (AvgIpc) is 2.34. The van der Waals surface area contributed by atoms with E-state index >= 15 is 0 Å². The van der Waals surface area contributed by atoms with Crippen molar-refractivity contribution in [1.29, 1.82) is 0 Å². The van der Waals surface area contributed by atoms with Gasteiger partial charge >= 0.3 is 5.97 Å². The van der Waals surface area contributed by atoms with Crippen molar-refractivity contribution in [2.24, 2.45) is 5.92 Å². The number of nitrogens with one attached hydrogen (secondary N) is 1. The fourth-order valence-corrected chi connectivity index (χ4v) is 2.07. The van der Waals surface area contributed by atoms with Crippen LogP contribution in [0.2, 0.25) is 0 Å². The highest BCUT2D eigenvalue weighted by molar-refractivity contribution is 7.98. The van der Waals surface area contributed by atoms with Crippen molar-refractivity contribution in [2.75, 3.05) is 12.8 Å². The molecule has 0 saturated heterocycles.